The molecule has 6 heteroatoms. The minimum atomic E-state index is -0.246. The van der Waals surface area contributed by atoms with E-state index in [-0.39, 0.29) is 5.91 Å². The van der Waals surface area contributed by atoms with Crippen molar-refractivity contribution < 1.29 is 14.1 Å². The molecule has 0 saturated carbocycles. The van der Waals surface area contributed by atoms with E-state index in [0.717, 1.165) is 16.7 Å². The van der Waals surface area contributed by atoms with E-state index in [1.54, 1.807) is 26.2 Å². The summed E-state index contributed by atoms with van der Waals surface area (Å²) in [5, 5.41) is 7.36. The molecule has 1 N–H and O–H groups in total. The van der Waals surface area contributed by atoms with Gasteiger partial charge in [0.25, 0.3) is 5.91 Å². The Labute approximate surface area is 121 Å². The second-order valence-electron chi connectivity index (χ2n) is 4.76. The van der Waals surface area contributed by atoms with Gasteiger partial charge in [-0.2, -0.15) is 0 Å². The average Bonchev–Trinajstić information content (AvgIpc) is 3.03. The third-order valence-corrected chi connectivity index (χ3v) is 3.37. The number of fused-ring (bicyclic) bond motifs is 1. The molecule has 0 atom stereocenters. The van der Waals surface area contributed by atoms with Crippen molar-refractivity contribution in [3.63, 3.8) is 0 Å². The van der Waals surface area contributed by atoms with Crippen molar-refractivity contribution in [1.29, 1.82) is 0 Å². The normalized spacial score (nSPS) is 10.8. The maximum atomic E-state index is 12.4. The Morgan fingerprint density at radius 2 is 2.19 bits per heavy atom. The monoisotopic (exact) mass is 285 g/mol. The first-order valence-electron chi connectivity index (χ1n) is 6.47. The molecule has 0 fully saturated rings. The maximum Gasteiger partial charge on any atom is 0.273 e. The van der Waals surface area contributed by atoms with Crippen LogP contribution in [-0.2, 0) is 7.05 Å². The number of methoxy groups -OCH3 is 1. The van der Waals surface area contributed by atoms with Crippen molar-refractivity contribution in [1.82, 2.24) is 9.72 Å². The van der Waals surface area contributed by atoms with E-state index in [1.807, 2.05) is 29.8 Å². The van der Waals surface area contributed by atoms with Gasteiger partial charge in [-0.05, 0) is 25.1 Å². The smallest absolute Gasteiger partial charge is 0.273 e. The molecule has 3 rings (SSSR count). The van der Waals surface area contributed by atoms with Gasteiger partial charge in [-0.15, -0.1) is 0 Å². The van der Waals surface area contributed by atoms with Crippen LogP contribution < -0.4 is 10.1 Å². The summed E-state index contributed by atoms with van der Waals surface area (Å²) in [5.41, 5.74) is 1.45. The molecule has 21 heavy (non-hydrogen) atoms. The number of aromatic nitrogens is 2. The number of ether oxygens (including phenoxy) is 1. The molecule has 108 valence electrons. The van der Waals surface area contributed by atoms with E-state index in [4.69, 9.17) is 9.26 Å². The van der Waals surface area contributed by atoms with E-state index in [2.05, 4.69) is 10.5 Å². The summed E-state index contributed by atoms with van der Waals surface area (Å²) in [4.78, 5) is 12.4. The number of benzene rings is 1. The summed E-state index contributed by atoms with van der Waals surface area (Å²) in [7, 11) is 3.45. The number of hydrogen-bond acceptors (Lipinski definition) is 4. The number of rotatable bonds is 3. The molecule has 0 aliphatic carbocycles. The third-order valence-electron chi connectivity index (χ3n) is 3.37. The van der Waals surface area contributed by atoms with Gasteiger partial charge in [0, 0.05) is 18.5 Å². The van der Waals surface area contributed by atoms with Gasteiger partial charge in [0.2, 0.25) is 0 Å². The fourth-order valence-corrected chi connectivity index (χ4v) is 2.33. The number of aryl methyl sites for hydroxylation is 2. The number of hydrogen-bond donors (Lipinski definition) is 1. The number of nitrogens with one attached hydrogen (secondary N) is 1. The molecular weight excluding hydrogens is 270 g/mol. The van der Waals surface area contributed by atoms with Gasteiger partial charge in [-0.3, -0.25) is 4.79 Å². The van der Waals surface area contributed by atoms with Crippen molar-refractivity contribution in [2.75, 3.05) is 12.4 Å². The molecule has 0 saturated heterocycles. The van der Waals surface area contributed by atoms with Crippen LogP contribution in [0.15, 0.2) is 34.9 Å². The van der Waals surface area contributed by atoms with Crippen molar-refractivity contribution in [2.24, 2.45) is 7.05 Å². The number of anilines is 1. The van der Waals surface area contributed by atoms with Crippen molar-refractivity contribution in [3.05, 3.63) is 41.8 Å². The second-order valence-corrected chi connectivity index (χ2v) is 4.76. The molecule has 3 aromatic rings. The third kappa shape index (κ3) is 2.24. The van der Waals surface area contributed by atoms with E-state index in [1.165, 1.54) is 0 Å². The standard InChI is InChI=1S/C15H15N3O3/c1-9-7-14(17-21-9)16-15(19)12-8-10-11(18(12)2)5-4-6-13(10)20-3/h4-8H,1-3H3,(H,16,17,19). The highest BCUT2D eigenvalue weighted by atomic mass is 16.5. The van der Waals surface area contributed by atoms with Gasteiger partial charge in [0.1, 0.15) is 17.2 Å². The quantitative estimate of drug-likeness (QED) is 0.803. The molecular formula is C15H15N3O3. The molecule has 1 aromatic carbocycles. The fourth-order valence-electron chi connectivity index (χ4n) is 2.33. The highest BCUT2D eigenvalue weighted by Crippen LogP contribution is 2.28. The summed E-state index contributed by atoms with van der Waals surface area (Å²) < 4.78 is 12.1. The van der Waals surface area contributed by atoms with Crippen molar-refractivity contribution in [2.45, 2.75) is 6.92 Å². The van der Waals surface area contributed by atoms with Crippen LogP contribution in [0, 0.1) is 6.92 Å². The van der Waals surface area contributed by atoms with Gasteiger partial charge >= 0.3 is 0 Å². The lowest BCUT2D eigenvalue weighted by Gasteiger charge is -2.04. The molecule has 0 bridgehead atoms. The molecule has 0 aliphatic rings. The van der Waals surface area contributed by atoms with Crippen LogP contribution in [0.1, 0.15) is 16.2 Å². The topological polar surface area (TPSA) is 69.3 Å². The highest BCUT2D eigenvalue weighted by molar-refractivity contribution is 6.06. The lowest BCUT2D eigenvalue weighted by molar-refractivity contribution is 0.101. The first kappa shape index (κ1) is 13.2. The zero-order valence-corrected chi connectivity index (χ0v) is 12.0. The van der Waals surface area contributed by atoms with Crippen LogP contribution in [0.3, 0.4) is 0 Å². The van der Waals surface area contributed by atoms with E-state index in [9.17, 15) is 4.79 Å². The van der Waals surface area contributed by atoms with Crippen LogP contribution in [-0.4, -0.2) is 22.7 Å². The molecule has 1 amide bonds. The summed E-state index contributed by atoms with van der Waals surface area (Å²) in [6, 6.07) is 9.17. The Hall–Kier alpha value is -2.76. The van der Waals surface area contributed by atoms with Crippen molar-refractivity contribution >= 4 is 22.6 Å². The predicted molar refractivity (Wildman–Crippen MR) is 78.7 cm³/mol. The molecule has 2 heterocycles. The fraction of sp³-hybridized carbons (Fsp3) is 0.200. The predicted octanol–water partition coefficient (Wildman–Crippen LogP) is 2.74. The van der Waals surface area contributed by atoms with Crippen LogP contribution >= 0.6 is 0 Å². The van der Waals surface area contributed by atoms with Gasteiger partial charge in [0.15, 0.2) is 5.82 Å². The molecule has 2 aromatic heterocycles. The maximum absolute atomic E-state index is 12.4. The zero-order valence-electron chi connectivity index (χ0n) is 12.0. The Morgan fingerprint density at radius 1 is 1.38 bits per heavy atom. The molecule has 0 unspecified atom stereocenters. The summed E-state index contributed by atoms with van der Waals surface area (Å²) in [6.45, 7) is 1.77. The van der Waals surface area contributed by atoms with Crippen LogP contribution in [0.2, 0.25) is 0 Å². The Bertz CT molecular complexity index is 817. The minimum Gasteiger partial charge on any atom is -0.496 e. The first-order valence-corrected chi connectivity index (χ1v) is 6.47. The zero-order chi connectivity index (χ0) is 15.0. The number of amides is 1. The summed E-state index contributed by atoms with van der Waals surface area (Å²) in [6.07, 6.45) is 0. The molecule has 0 spiro atoms. The van der Waals surface area contributed by atoms with E-state index >= 15 is 0 Å². The van der Waals surface area contributed by atoms with Crippen molar-refractivity contribution in [3.8, 4) is 5.75 Å². The van der Waals surface area contributed by atoms with E-state index in [0.29, 0.717) is 17.3 Å². The Balaban J connectivity index is 2.00. The SMILES string of the molecule is COc1cccc2c1cc(C(=O)Nc1cc(C)on1)n2C. The average molecular weight is 285 g/mol. The summed E-state index contributed by atoms with van der Waals surface area (Å²) >= 11 is 0. The first-order chi connectivity index (χ1) is 10.1. The van der Waals surface area contributed by atoms with Crippen LogP contribution in [0.5, 0.6) is 5.75 Å². The lowest BCUT2D eigenvalue weighted by atomic mass is 10.2. The van der Waals surface area contributed by atoms with Gasteiger partial charge in [-0.1, -0.05) is 11.2 Å². The molecule has 6 nitrogen and oxygen atoms in total. The molecule has 0 aliphatic heterocycles. The van der Waals surface area contributed by atoms with E-state index < -0.39 is 0 Å². The lowest BCUT2D eigenvalue weighted by Crippen LogP contribution is -2.15. The highest BCUT2D eigenvalue weighted by Gasteiger charge is 2.16. The second kappa shape index (κ2) is 4.97. The largest absolute Gasteiger partial charge is 0.496 e. The van der Waals surface area contributed by atoms with Gasteiger partial charge in [0.05, 0.1) is 12.6 Å². The minimum absolute atomic E-state index is 0.246. The van der Waals surface area contributed by atoms with Gasteiger partial charge < -0.3 is 19.1 Å². The number of carbonyl (C=O) groups is 1. The number of nitrogens with zero attached hydrogens (tertiary/aromatic N) is 2. The number of carbonyl (C=O) groups excluding carboxylic acids is 1. The van der Waals surface area contributed by atoms with Gasteiger partial charge in [-0.25, -0.2) is 0 Å². The Morgan fingerprint density at radius 3 is 2.86 bits per heavy atom. The van der Waals surface area contributed by atoms with Crippen LogP contribution in [0.25, 0.3) is 10.9 Å². The van der Waals surface area contributed by atoms with Crippen LogP contribution in [0.4, 0.5) is 5.82 Å². The summed E-state index contributed by atoms with van der Waals surface area (Å²) in [5.74, 6) is 1.53. The Kier molecular flexibility index (Phi) is 3.13. The molecule has 0 radical (unpaired) electrons.